The summed E-state index contributed by atoms with van der Waals surface area (Å²) in [5.41, 5.74) is 2.61. The van der Waals surface area contributed by atoms with Crippen molar-refractivity contribution in [1.82, 2.24) is 10.3 Å². The van der Waals surface area contributed by atoms with E-state index in [0.717, 1.165) is 5.69 Å². The number of hydrogen-bond acceptors (Lipinski definition) is 2. The largest absolute Gasteiger partial charge is 0.313 e. The Hall–Kier alpha value is -0.890. The lowest BCUT2D eigenvalue weighted by molar-refractivity contribution is 0.287. The fourth-order valence-corrected chi connectivity index (χ4v) is 1.85. The predicted octanol–water partition coefficient (Wildman–Crippen LogP) is 2.70. The van der Waals surface area contributed by atoms with Crippen LogP contribution in [0.4, 0.5) is 0 Å². The van der Waals surface area contributed by atoms with Crippen LogP contribution in [-0.2, 0) is 0 Å². The number of pyridine rings is 1. The second-order valence-electron chi connectivity index (χ2n) is 4.82. The van der Waals surface area contributed by atoms with Gasteiger partial charge in [0.25, 0.3) is 0 Å². The smallest absolute Gasteiger partial charge is 0.0375 e. The van der Waals surface area contributed by atoms with Crippen LogP contribution in [0.15, 0.2) is 18.3 Å². The highest BCUT2D eigenvalue weighted by Gasteiger charge is 2.24. The second-order valence-corrected chi connectivity index (χ2v) is 4.82. The van der Waals surface area contributed by atoms with E-state index in [4.69, 9.17) is 0 Å². The SMILES string of the molecule is CNC(c1ccnc(C)c1)C(C)(C)C. The molecular formula is C12H20N2. The zero-order valence-corrected chi connectivity index (χ0v) is 9.76. The van der Waals surface area contributed by atoms with Gasteiger partial charge >= 0.3 is 0 Å². The zero-order valence-electron chi connectivity index (χ0n) is 9.76. The number of hydrogen-bond donors (Lipinski definition) is 1. The first kappa shape index (κ1) is 11.2. The van der Waals surface area contributed by atoms with E-state index in [1.165, 1.54) is 5.56 Å². The van der Waals surface area contributed by atoms with Gasteiger partial charge in [-0.2, -0.15) is 0 Å². The summed E-state index contributed by atoms with van der Waals surface area (Å²) < 4.78 is 0. The Morgan fingerprint density at radius 1 is 1.36 bits per heavy atom. The molecule has 14 heavy (non-hydrogen) atoms. The van der Waals surface area contributed by atoms with Crippen molar-refractivity contribution in [2.75, 3.05) is 7.05 Å². The van der Waals surface area contributed by atoms with Gasteiger partial charge in [-0.25, -0.2) is 0 Å². The first-order chi connectivity index (χ1) is 6.45. The van der Waals surface area contributed by atoms with Crippen molar-refractivity contribution in [2.24, 2.45) is 5.41 Å². The lowest BCUT2D eigenvalue weighted by Gasteiger charge is -2.30. The minimum Gasteiger partial charge on any atom is -0.313 e. The highest BCUT2D eigenvalue weighted by Crippen LogP contribution is 2.32. The molecule has 1 unspecified atom stereocenters. The van der Waals surface area contributed by atoms with Crippen LogP contribution in [0.25, 0.3) is 0 Å². The Morgan fingerprint density at radius 3 is 2.43 bits per heavy atom. The molecule has 1 aromatic rings. The lowest BCUT2D eigenvalue weighted by atomic mass is 9.82. The number of rotatable bonds is 2. The molecule has 0 spiro atoms. The van der Waals surface area contributed by atoms with E-state index in [1.54, 1.807) is 0 Å². The van der Waals surface area contributed by atoms with Gasteiger partial charge in [0, 0.05) is 17.9 Å². The van der Waals surface area contributed by atoms with E-state index in [-0.39, 0.29) is 5.41 Å². The molecule has 0 bridgehead atoms. The quantitative estimate of drug-likeness (QED) is 0.779. The molecular weight excluding hydrogens is 172 g/mol. The van der Waals surface area contributed by atoms with Crippen LogP contribution in [0.1, 0.15) is 38.1 Å². The van der Waals surface area contributed by atoms with E-state index in [2.05, 4.69) is 43.2 Å². The number of nitrogens with zero attached hydrogens (tertiary/aromatic N) is 1. The van der Waals surface area contributed by atoms with Gasteiger partial charge in [0.2, 0.25) is 0 Å². The van der Waals surface area contributed by atoms with Gasteiger partial charge in [0.1, 0.15) is 0 Å². The third-order valence-corrected chi connectivity index (χ3v) is 2.41. The molecule has 0 aromatic carbocycles. The summed E-state index contributed by atoms with van der Waals surface area (Å²) >= 11 is 0. The van der Waals surface area contributed by atoms with Crippen LogP contribution in [-0.4, -0.2) is 12.0 Å². The molecule has 78 valence electrons. The zero-order chi connectivity index (χ0) is 10.8. The normalized spacial score (nSPS) is 14.1. The maximum atomic E-state index is 4.21. The molecule has 1 atom stereocenters. The molecule has 0 aliphatic heterocycles. The molecule has 1 rings (SSSR count). The van der Waals surface area contributed by atoms with Crippen molar-refractivity contribution in [2.45, 2.75) is 33.7 Å². The molecule has 1 heterocycles. The van der Waals surface area contributed by atoms with Gasteiger partial charge < -0.3 is 5.32 Å². The van der Waals surface area contributed by atoms with Crippen LogP contribution in [0.2, 0.25) is 0 Å². The Morgan fingerprint density at radius 2 is 2.00 bits per heavy atom. The van der Waals surface area contributed by atoms with Crippen LogP contribution < -0.4 is 5.32 Å². The van der Waals surface area contributed by atoms with E-state index in [0.29, 0.717) is 6.04 Å². The van der Waals surface area contributed by atoms with Gasteiger partial charge in [-0.3, -0.25) is 4.98 Å². The summed E-state index contributed by atoms with van der Waals surface area (Å²) in [5.74, 6) is 0. The minimum atomic E-state index is 0.225. The first-order valence-corrected chi connectivity index (χ1v) is 5.05. The van der Waals surface area contributed by atoms with Crippen LogP contribution in [0.5, 0.6) is 0 Å². The van der Waals surface area contributed by atoms with Crippen molar-refractivity contribution >= 4 is 0 Å². The fraction of sp³-hybridized carbons (Fsp3) is 0.583. The van der Waals surface area contributed by atoms with E-state index in [1.807, 2.05) is 20.2 Å². The van der Waals surface area contributed by atoms with Gasteiger partial charge in [-0.05, 0) is 37.1 Å². The fourth-order valence-electron chi connectivity index (χ4n) is 1.85. The third kappa shape index (κ3) is 2.55. The Bertz CT molecular complexity index is 299. The average Bonchev–Trinajstić information content (AvgIpc) is 2.02. The number of nitrogens with one attached hydrogen (secondary N) is 1. The number of aromatic nitrogens is 1. The van der Waals surface area contributed by atoms with Crippen LogP contribution in [0.3, 0.4) is 0 Å². The van der Waals surface area contributed by atoms with Gasteiger partial charge in [-0.1, -0.05) is 20.8 Å². The molecule has 0 aliphatic carbocycles. The topological polar surface area (TPSA) is 24.9 Å². The summed E-state index contributed by atoms with van der Waals surface area (Å²) in [5, 5.41) is 3.36. The van der Waals surface area contributed by atoms with E-state index >= 15 is 0 Å². The monoisotopic (exact) mass is 192 g/mol. The molecule has 0 radical (unpaired) electrons. The highest BCUT2D eigenvalue weighted by molar-refractivity contribution is 5.21. The molecule has 0 fully saturated rings. The maximum Gasteiger partial charge on any atom is 0.0375 e. The average molecular weight is 192 g/mol. The summed E-state index contributed by atoms with van der Waals surface area (Å²) in [6.07, 6.45) is 1.88. The van der Waals surface area contributed by atoms with Gasteiger partial charge in [0.05, 0.1) is 0 Å². The molecule has 0 amide bonds. The van der Waals surface area contributed by atoms with Crippen molar-refractivity contribution in [1.29, 1.82) is 0 Å². The second kappa shape index (κ2) is 4.09. The first-order valence-electron chi connectivity index (χ1n) is 5.05. The van der Waals surface area contributed by atoms with E-state index < -0.39 is 0 Å². The molecule has 0 saturated heterocycles. The standard InChI is InChI=1S/C12H20N2/c1-9-8-10(6-7-14-9)11(13-5)12(2,3)4/h6-8,11,13H,1-5H3. The van der Waals surface area contributed by atoms with Gasteiger partial charge in [-0.15, -0.1) is 0 Å². The summed E-state index contributed by atoms with van der Waals surface area (Å²) in [6.45, 7) is 8.75. The lowest BCUT2D eigenvalue weighted by Crippen LogP contribution is -2.29. The van der Waals surface area contributed by atoms with Crippen molar-refractivity contribution in [3.05, 3.63) is 29.6 Å². The molecule has 0 saturated carbocycles. The van der Waals surface area contributed by atoms with Gasteiger partial charge in [0.15, 0.2) is 0 Å². The highest BCUT2D eigenvalue weighted by atomic mass is 14.9. The maximum absolute atomic E-state index is 4.21. The summed E-state index contributed by atoms with van der Waals surface area (Å²) in [7, 11) is 2.01. The van der Waals surface area contributed by atoms with Crippen LogP contribution in [0, 0.1) is 12.3 Å². The minimum absolute atomic E-state index is 0.225. The molecule has 0 aliphatic rings. The van der Waals surface area contributed by atoms with Crippen molar-refractivity contribution in [3.63, 3.8) is 0 Å². The summed E-state index contributed by atoms with van der Waals surface area (Å²) in [4.78, 5) is 4.21. The Kier molecular flexibility index (Phi) is 3.27. The van der Waals surface area contributed by atoms with Crippen LogP contribution >= 0.6 is 0 Å². The molecule has 1 N–H and O–H groups in total. The van der Waals surface area contributed by atoms with Crippen molar-refractivity contribution in [3.8, 4) is 0 Å². The predicted molar refractivity (Wildman–Crippen MR) is 60.2 cm³/mol. The summed E-state index contributed by atoms with van der Waals surface area (Å²) in [6, 6.07) is 4.61. The number of aryl methyl sites for hydroxylation is 1. The Balaban J connectivity index is 3.01. The van der Waals surface area contributed by atoms with Crippen molar-refractivity contribution < 1.29 is 0 Å². The van der Waals surface area contributed by atoms with E-state index in [9.17, 15) is 0 Å². The molecule has 2 nitrogen and oxygen atoms in total. The Labute approximate surface area is 86.8 Å². The third-order valence-electron chi connectivity index (χ3n) is 2.41. The molecule has 1 aromatic heterocycles. The molecule has 2 heteroatoms.